The zero-order chi connectivity index (χ0) is 29.5. The Morgan fingerprint density at radius 1 is 0.595 bits per heavy atom. The van der Waals surface area contributed by atoms with E-state index in [2.05, 4.69) is 87.6 Å². The summed E-state index contributed by atoms with van der Waals surface area (Å²) in [4.78, 5) is 0. The first-order chi connectivity index (χ1) is 20.3. The summed E-state index contributed by atoms with van der Waals surface area (Å²) in [6, 6.07) is 30.1. The second-order valence-electron chi connectivity index (χ2n) is 11.6. The van der Waals surface area contributed by atoms with E-state index >= 15 is 0 Å². The number of hydrogen-bond acceptors (Lipinski definition) is 2. The predicted molar refractivity (Wildman–Crippen MR) is 166 cm³/mol. The molecule has 2 nitrogen and oxygen atoms in total. The van der Waals surface area contributed by atoms with Gasteiger partial charge in [0.2, 0.25) is 0 Å². The van der Waals surface area contributed by atoms with Gasteiger partial charge in [0, 0.05) is 0 Å². The van der Waals surface area contributed by atoms with Crippen LogP contribution in [0.15, 0.2) is 108 Å². The molecule has 0 aromatic heterocycles. The van der Waals surface area contributed by atoms with Crippen LogP contribution in [0.4, 0.5) is 8.78 Å². The summed E-state index contributed by atoms with van der Waals surface area (Å²) in [7, 11) is 0. The molecule has 4 aromatic rings. The van der Waals surface area contributed by atoms with Crippen molar-refractivity contribution >= 4 is 17.6 Å². The molecule has 0 fully saturated rings. The van der Waals surface area contributed by atoms with Gasteiger partial charge in [0.05, 0.1) is 0 Å². The first-order valence-corrected chi connectivity index (χ1v) is 25.8. The van der Waals surface area contributed by atoms with E-state index in [1.165, 1.54) is 57.7 Å². The molecule has 2 aliphatic carbocycles. The van der Waals surface area contributed by atoms with E-state index in [4.69, 9.17) is 5.63 Å². The van der Waals surface area contributed by atoms with Gasteiger partial charge in [-0.2, -0.15) is 0 Å². The third-order valence-corrected chi connectivity index (χ3v) is 42.3. The van der Waals surface area contributed by atoms with Gasteiger partial charge in [-0.15, -0.1) is 0 Å². The van der Waals surface area contributed by atoms with E-state index in [1.54, 1.807) is 24.3 Å². The fourth-order valence-corrected chi connectivity index (χ4v) is 40.1. The van der Waals surface area contributed by atoms with Gasteiger partial charge in [-0.1, -0.05) is 0 Å². The molecule has 42 heavy (non-hydrogen) atoms. The third-order valence-electron chi connectivity index (χ3n) is 9.22. The maximum atomic E-state index is 14.3. The van der Waals surface area contributed by atoms with Crippen LogP contribution < -0.4 is 5.63 Å². The van der Waals surface area contributed by atoms with E-state index in [0.29, 0.717) is 11.5 Å². The second-order valence-corrected chi connectivity index (χ2v) is 36.6. The van der Waals surface area contributed by atoms with Crippen LogP contribution in [0.3, 0.4) is 0 Å². The van der Waals surface area contributed by atoms with Crippen LogP contribution in [0.5, 0.6) is 11.5 Å². The number of benzene rings is 4. The van der Waals surface area contributed by atoms with Gasteiger partial charge in [0.25, 0.3) is 0 Å². The Morgan fingerprint density at radius 3 is 1.33 bits per heavy atom. The minimum absolute atomic E-state index is 0.0854. The summed E-state index contributed by atoms with van der Waals surface area (Å²) in [5.74, 6) is 0.622. The molecule has 0 N–H and O–H groups in total. The summed E-state index contributed by atoms with van der Waals surface area (Å²) in [5, 5.41) is 0. The van der Waals surface area contributed by atoms with Crippen LogP contribution >= 0.6 is 0 Å². The SMILES string of the molecule is CCC1=Cc2ccccc2[CH]1[Zr]([O]c1ccc(F)cc1)([O]c1ccc(F)cc1)([CH]1C(CC)=Cc2ccccc21)=[Si](C)C. The van der Waals surface area contributed by atoms with Gasteiger partial charge in [-0.05, 0) is 0 Å². The van der Waals surface area contributed by atoms with E-state index < -0.39 is 23.7 Å². The quantitative estimate of drug-likeness (QED) is 0.176. The Bertz CT molecular complexity index is 1660. The third kappa shape index (κ3) is 4.50. The standard InChI is InChI=1S/2C11H11.2C6H5FO.C2H6Si.Zr/c2*1-2-9-7-10-5-3-4-6-11(10)8-9;2*7-5-1-3-6(8)4-2-5;1-3-2;/h2*3-8H,2H2,1H3;2*1-4,8H;1-2H3;/q;;;;;+2/p-2. The van der Waals surface area contributed by atoms with Crippen LogP contribution in [0.1, 0.15) is 56.2 Å². The van der Waals surface area contributed by atoms with Gasteiger partial charge < -0.3 is 0 Å². The summed E-state index contributed by atoms with van der Waals surface area (Å²) in [6.07, 6.45) is 6.35. The van der Waals surface area contributed by atoms with E-state index in [9.17, 15) is 8.78 Å². The minimum atomic E-state index is -5.47. The number of hydrogen-bond donors (Lipinski definition) is 0. The molecule has 4 aromatic carbocycles. The molecule has 0 spiro atoms. The number of halogens is 2. The Labute approximate surface area is 249 Å². The normalized spacial score (nSPS) is 17.7. The average molecular weight is 658 g/mol. The van der Waals surface area contributed by atoms with Crippen molar-refractivity contribution < 1.29 is 32.7 Å². The average Bonchev–Trinajstić information content (AvgIpc) is 3.58. The molecular formula is C36H36F2O2SiZr. The molecular weight excluding hydrogens is 622 g/mol. The van der Waals surface area contributed by atoms with Crippen molar-refractivity contribution in [3.63, 3.8) is 0 Å². The summed E-state index contributed by atoms with van der Waals surface area (Å²) in [6.45, 7) is 9.10. The Kier molecular flexibility index (Phi) is 7.74. The van der Waals surface area contributed by atoms with Crippen LogP contribution in [0.2, 0.25) is 13.1 Å². The molecule has 2 atom stereocenters. The molecule has 6 heteroatoms. The fraction of sp³-hybridized carbons (Fsp3) is 0.222. The topological polar surface area (TPSA) is 18.5 Å². The van der Waals surface area contributed by atoms with E-state index in [1.807, 2.05) is 0 Å². The van der Waals surface area contributed by atoms with Gasteiger partial charge >= 0.3 is 251 Å². The molecule has 2 unspecified atom stereocenters. The van der Waals surface area contributed by atoms with Crippen molar-refractivity contribution in [2.24, 2.45) is 0 Å². The van der Waals surface area contributed by atoms with Crippen molar-refractivity contribution in [3.05, 3.63) is 142 Å². The molecule has 0 bridgehead atoms. The Hall–Kier alpha value is -3.08. The fourth-order valence-electron chi connectivity index (χ4n) is 7.38. The zero-order valence-corrected chi connectivity index (χ0v) is 28.0. The molecule has 2 aliphatic rings. The first kappa shape index (κ1) is 29.0. The van der Waals surface area contributed by atoms with Gasteiger partial charge in [0.15, 0.2) is 0 Å². The van der Waals surface area contributed by atoms with Crippen LogP contribution in [-0.4, -0.2) is 5.43 Å². The molecule has 0 saturated heterocycles. The van der Waals surface area contributed by atoms with Crippen LogP contribution in [0, 0.1) is 11.6 Å². The Balaban J connectivity index is 1.80. The van der Waals surface area contributed by atoms with Crippen molar-refractivity contribution in [2.45, 2.75) is 47.0 Å². The van der Waals surface area contributed by atoms with E-state index in [0.717, 1.165) is 12.8 Å². The van der Waals surface area contributed by atoms with Crippen LogP contribution in [0.25, 0.3) is 12.2 Å². The number of fused-ring (bicyclic) bond motifs is 2. The van der Waals surface area contributed by atoms with Crippen molar-refractivity contribution in [1.82, 2.24) is 0 Å². The molecule has 6 rings (SSSR count). The first-order valence-electron chi connectivity index (χ1n) is 14.7. The van der Waals surface area contributed by atoms with Gasteiger partial charge in [-0.3, -0.25) is 0 Å². The van der Waals surface area contributed by atoms with Crippen molar-refractivity contribution in [2.75, 3.05) is 0 Å². The zero-order valence-electron chi connectivity index (χ0n) is 24.5. The summed E-state index contributed by atoms with van der Waals surface area (Å²) in [5.41, 5.74) is 6.02. The van der Waals surface area contributed by atoms with Gasteiger partial charge in [-0.25, -0.2) is 0 Å². The monoisotopic (exact) mass is 656 g/mol. The molecule has 0 saturated carbocycles. The van der Waals surface area contributed by atoms with Crippen LogP contribution in [-0.2, 0) is 18.3 Å². The molecule has 0 aliphatic heterocycles. The number of rotatable bonds is 8. The second kappa shape index (κ2) is 11.2. The molecule has 0 amide bonds. The number of allylic oxidation sites excluding steroid dienone is 2. The predicted octanol–water partition coefficient (Wildman–Crippen LogP) is 10.3. The van der Waals surface area contributed by atoms with Gasteiger partial charge in [0.1, 0.15) is 0 Å². The summed E-state index contributed by atoms with van der Waals surface area (Å²) >= 11 is -5.47. The summed E-state index contributed by atoms with van der Waals surface area (Å²) < 4.78 is 43.9. The Morgan fingerprint density at radius 2 is 0.976 bits per heavy atom. The van der Waals surface area contributed by atoms with E-state index in [-0.39, 0.29) is 18.9 Å². The van der Waals surface area contributed by atoms with Crippen molar-refractivity contribution in [1.29, 1.82) is 0 Å². The maximum absolute atomic E-state index is 14.3. The molecule has 214 valence electrons. The van der Waals surface area contributed by atoms with Crippen molar-refractivity contribution in [3.8, 4) is 11.5 Å². The molecule has 0 radical (unpaired) electrons. The molecule has 0 heterocycles.